The Morgan fingerprint density at radius 1 is 0.875 bits per heavy atom. The Morgan fingerprint density at radius 3 is 2.00 bits per heavy atom. The van der Waals surface area contributed by atoms with Gasteiger partial charge in [-0.1, -0.05) is 0 Å². The van der Waals surface area contributed by atoms with Crippen LogP contribution in [0, 0.1) is 0 Å². The van der Waals surface area contributed by atoms with E-state index < -0.39 is 0 Å². The number of benzene rings is 2. The summed E-state index contributed by atoms with van der Waals surface area (Å²) in [5.41, 5.74) is 1.36. The molecule has 80 valence electrons. The Hall–Kier alpha value is -1.30. The third kappa shape index (κ3) is 2.85. The zero-order valence-corrected chi connectivity index (χ0v) is 10.8. The fourth-order valence-corrected chi connectivity index (χ4v) is 3.63. The van der Waals surface area contributed by atoms with Gasteiger partial charge in [-0.2, -0.15) is 0 Å². The minimum absolute atomic E-state index is 0.421. The molecule has 0 spiro atoms. The number of hydrogen-bond donors (Lipinski definition) is 0. The van der Waals surface area contributed by atoms with E-state index in [2.05, 4.69) is 73.3 Å². The van der Waals surface area contributed by atoms with Crippen molar-refractivity contribution in [1.82, 2.24) is 0 Å². The molecule has 0 aliphatic rings. The van der Waals surface area contributed by atoms with Crippen LogP contribution >= 0.6 is 0 Å². The standard InChI is InChI=1S/C15H14Se/c1-2-15(13-9-5-3-6-10-13)16-14-11-7-4-8-12-14/h2-12,15H,1H2. The summed E-state index contributed by atoms with van der Waals surface area (Å²) in [5, 5.41) is 0. The average molecular weight is 273 g/mol. The molecule has 16 heavy (non-hydrogen) atoms. The van der Waals surface area contributed by atoms with Gasteiger partial charge < -0.3 is 0 Å². The molecule has 0 saturated heterocycles. The molecular weight excluding hydrogens is 259 g/mol. The molecule has 1 atom stereocenters. The van der Waals surface area contributed by atoms with Gasteiger partial charge in [0.1, 0.15) is 0 Å². The molecule has 2 aromatic carbocycles. The Bertz CT molecular complexity index is 434. The monoisotopic (exact) mass is 274 g/mol. The van der Waals surface area contributed by atoms with Crippen molar-refractivity contribution in [3.8, 4) is 0 Å². The summed E-state index contributed by atoms with van der Waals surface area (Å²) in [5.74, 6) is 0. The second-order valence-electron chi connectivity index (χ2n) is 3.50. The SMILES string of the molecule is C=CC([Se]c1ccccc1)c1ccccc1. The van der Waals surface area contributed by atoms with Crippen molar-refractivity contribution in [2.75, 3.05) is 0 Å². The van der Waals surface area contributed by atoms with Crippen LogP contribution in [-0.4, -0.2) is 15.0 Å². The van der Waals surface area contributed by atoms with Crippen molar-refractivity contribution in [2.45, 2.75) is 4.82 Å². The maximum absolute atomic E-state index is 3.95. The molecule has 0 heterocycles. The molecule has 0 N–H and O–H groups in total. The Balaban J connectivity index is 2.16. The van der Waals surface area contributed by atoms with Gasteiger partial charge in [0.25, 0.3) is 0 Å². The quantitative estimate of drug-likeness (QED) is 0.593. The van der Waals surface area contributed by atoms with E-state index >= 15 is 0 Å². The first kappa shape index (κ1) is 11.2. The van der Waals surface area contributed by atoms with Crippen molar-refractivity contribution in [3.63, 3.8) is 0 Å². The molecule has 0 fully saturated rings. The van der Waals surface area contributed by atoms with Crippen LogP contribution in [0.25, 0.3) is 0 Å². The van der Waals surface area contributed by atoms with Crippen LogP contribution < -0.4 is 4.46 Å². The van der Waals surface area contributed by atoms with Gasteiger partial charge in [-0.25, -0.2) is 0 Å². The van der Waals surface area contributed by atoms with Crippen LogP contribution in [-0.2, 0) is 0 Å². The van der Waals surface area contributed by atoms with Gasteiger partial charge in [0.2, 0.25) is 0 Å². The first-order valence-corrected chi connectivity index (χ1v) is 7.14. The number of hydrogen-bond acceptors (Lipinski definition) is 0. The summed E-state index contributed by atoms with van der Waals surface area (Å²) in [4.78, 5) is 0.469. The van der Waals surface area contributed by atoms with Crippen molar-refractivity contribution in [3.05, 3.63) is 78.9 Å². The van der Waals surface area contributed by atoms with Crippen LogP contribution in [0.5, 0.6) is 0 Å². The molecule has 0 nitrogen and oxygen atoms in total. The fraction of sp³-hybridized carbons (Fsp3) is 0.0667. The third-order valence-electron chi connectivity index (χ3n) is 2.35. The van der Waals surface area contributed by atoms with Crippen LogP contribution in [0.15, 0.2) is 73.3 Å². The van der Waals surface area contributed by atoms with E-state index in [1.54, 1.807) is 0 Å². The molecule has 2 aromatic rings. The zero-order chi connectivity index (χ0) is 11.2. The van der Waals surface area contributed by atoms with Gasteiger partial charge in [0.15, 0.2) is 0 Å². The molecule has 0 aromatic heterocycles. The second-order valence-corrected chi connectivity index (χ2v) is 6.05. The van der Waals surface area contributed by atoms with Crippen LogP contribution in [0.3, 0.4) is 0 Å². The van der Waals surface area contributed by atoms with E-state index in [1.165, 1.54) is 10.0 Å². The molecule has 0 aliphatic carbocycles. The van der Waals surface area contributed by atoms with Crippen LogP contribution in [0.2, 0.25) is 0 Å². The molecule has 0 saturated carbocycles. The Kier molecular flexibility index (Phi) is 3.98. The third-order valence-corrected chi connectivity index (χ3v) is 5.00. The van der Waals surface area contributed by atoms with Gasteiger partial charge in [0.05, 0.1) is 0 Å². The first-order chi connectivity index (χ1) is 7.90. The van der Waals surface area contributed by atoms with Gasteiger partial charge in [-0.15, -0.1) is 0 Å². The van der Waals surface area contributed by atoms with Gasteiger partial charge in [-0.05, 0) is 0 Å². The van der Waals surface area contributed by atoms with E-state index in [0.29, 0.717) is 19.8 Å². The fourth-order valence-electron chi connectivity index (χ4n) is 1.54. The van der Waals surface area contributed by atoms with Crippen molar-refractivity contribution in [2.24, 2.45) is 0 Å². The number of allylic oxidation sites excluding steroid dienone is 1. The molecule has 1 unspecified atom stereocenters. The van der Waals surface area contributed by atoms with Crippen molar-refractivity contribution >= 4 is 19.4 Å². The van der Waals surface area contributed by atoms with E-state index in [1.807, 2.05) is 0 Å². The average Bonchev–Trinajstić information content (AvgIpc) is 2.38. The summed E-state index contributed by atoms with van der Waals surface area (Å²) in [6.07, 6.45) is 2.06. The maximum atomic E-state index is 3.95. The topological polar surface area (TPSA) is 0 Å². The van der Waals surface area contributed by atoms with Crippen LogP contribution in [0.1, 0.15) is 10.4 Å². The molecule has 0 bridgehead atoms. The summed E-state index contributed by atoms with van der Waals surface area (Å²) in [7, 11) is 0. The molecule has 1 heteroatoms. The molecule has 0 radical (unpaired) electrons. The first-order valence-electron chi connectivity index (χ1n) is 5.29. The summed E-state index contributed by atoms with van der Waals surface area (Å²) < 4.78 is 1.42. The summed E-state index contributed by atoms with van der Waals surface area (Å²) in [6.45, 7) is 3.95. The molecule has 0 aliphatic heterocycles. The summed E-state index contributed by atoms with van der Waals surface area (Å²) >= 11 is 0.421. The second kappa shape index (κ2) is 5.69. The van der Waals surface area contributed by atoms with Gasteiger partial charge >= 0.3 is 103 Å². The van der Waals surface area contributed by atoms with Gasteiger partial charge in [0, 0.05) is 0 Å². The molecule has 0 amide bonds. The molecular formula is C15H14Se. The predicted octanol–water partition coefficient (Wildman–Crippen LogP) is 2.94. The van der Waals surface area contributed by atoms with Crippen LogP contribution in [0.4, 0.5) is 0 Å². The number of rotatable bonds is 4. The van der Waals surface area contributed by atoms with E-state index in [9.17, 15) is 0 Å². The Labute approximate surface area is 103 Å². The van der Waals surface area contributed by atoms with E-state index in [-0.39, 0.29) is 0 Å². The predicted molar refractivity (Wildman–Crippen MR) is 71.2 cm³/mol. The van der Waals surface area contributed by atoms with Crippen molar-refractivity contribution in [1.29, 1.82) is 0 Å². The minimum atomic E-state index is 0.421. The van der Waals surface area contributed by atoms with Gasteiger partial charge in [-0.3, -0.25) is 0 Å². The Morgan fingerprint density at radius 2 is 1.44 bits per heavy atom. The normalized spacial score (nSPS) is 12.0. The summed E-state index contributed by atoms with van der Waals surface area (Å²) in [6, 6.07) is 21.2. The van der Waals surface area contributed by atoms with E-state index in [4.69, 9.17) is 0 Å². The van der Waals surface area contributed by atoms with E-state index in [0.717, 1.165) is 0 Å². The van der Waals surface area contributed by atoms with Crippen molar-refractivity contribution < 1.29 is 0 Å². The zero-order valence-electron chi connectivity index (χ0n) is 9.04. The molecule has 2 rings (SSSR count).